The van der Waals surface area contributed by atoms with Gasteiger partial charge in [-0.25, -0.2) is 15.0 Å². The van der Waals surface area contributed by atoms with Crippen molar-refractivity contribution in [2.75, 3.05) is 28.5 Å². The number of carbonyl (C=O) groups is 2. The smallest absolute Gasteiger partial charge is 0.253 e. The number of hydrogen-bond acceptors (Lipinski definition) is 8. The number of hydrogen-bond donors (Lipinski definition) is 4. The number of aryl methyl sites for hydroxylation is 3. The molecule has 2 amide bonds. The van der Waals surface area contributed by atoms with Gasteiger partial charge in [0, 0.05) is 15.7 Å². The number of phenolic OH excluding ortho intramolecular Hbond substituents is 1. The van der Waals surface area contributed by atoms with Crippen molar-refractivity contribution in [2.45, 2.75) is 69.9 Å². The first-order valence-corrected chi connectivity index (χ1v) is 26.3. The average Bonchev–Trinajstić information content (AvgIpc) is 3.87. The maximum Gasteiger partial charge on any atom is 0.253 e. The molecule has 0 aliphatic carbocycles. The Labute approximate surface area is 462 Å². The SMILES string of the molecule is CCCCOc1ccc(C)cc1SC1CN(c2c(Cl)cc(Cl)cc2Cl)NC1=Nc1cc(C)ccc1Cl.Cc1cc(C(C)C(=O)Nc2ccc(Cl)c(N=C3CC(=O)N(c4c(Cl)cc(Cl)cc4Cl)N3)c2)ccc1O. The lowest BCUT2D eigenvalue weighted by Gasteiger charge is -2.21. The highest BCUT2D eigenvalue weighted by atomic mass is 35.5. The Morgan fingerprint density at radius 2 is 1.38 bits per heavy atom. The fraction of sp³-hybridized carbons (Fsp3) is 0.231. The van der Waals surface area contributed by atoms with Gasteiger partial charge < -0.3 is 15.2 Å². The van der Waals surface area contributed by atoms with Gasteiger partial charge in [-0.2, -0.15) is 0 Å². The molecule has 0 bridgehead atoms. The van der Waals surface area contributed by atoms with Crippen molar-refractivity contribution in [3.63, 3.8) is 0 Å². The van der Waals surface area contributed by atoms with Crippen LogP contribution >= 0.6 is 105 Å². The Morgan fingerprint density at radius 1 is 0.764 bits per heavy atom. The van der Waals surface area contributed by atoms with Gasteiger partial charge in [0.25, 0.3) is 5.91 Å². The summed E-state index contributed by atoms with van der Waals surface area (Å²) in [6.07, 6.45) is 2.04. The van der Waals surface area contributed by atoms with Crippen LogP contribution in [-0.4, -0.2) is 47.0 Å². The second-order valence-corrected chi connectivity index (χ2v) is 21.4. The quantitative estimate of drug-likeness (QED) is 0.0841. The predicted octanol–water partition coefficient (Wildman–Crippen LogP) is 16.3. The maximum absolute atomic E-state index is 12.8. The summed E-state index contributed by atoms with van der Waals surface area (Å²) >= 11 is 52.2. The summed E-state index contributed by atoms with van der Waals surface area (Å²) < 4.78 is 6.12. The molecule has 11 nitrogen and oxygen atoms in total. The third-order valence-electron chi connectivity index (χ3n) is 11.2. The number of unbranched alkanes of at least 4 members (excludes halogenated alkanes) is 1. The molecule has 2 fully saturated rings. The number of benzene rings is 6. The highest BCUT2D eigenvalue weighted by Gasteiger charge is 2.34. The fourth-order valence-electron chi connectivity index (χ4n) is 7.40. The molecular weight excluding hydrogens is 1100 g/mol. The number of nitrogens with zero attached hydrogens (tertiary/aromatic N) is 4. The molecule has 8 rings (SSSR count). The van der Waals surface area contributed by atoms with E-state index in [-0.39, 0.29) is 45.0 Å². The second kappa shape index (κ2) is 24.5. The summed E-state index contributed by atoms with van der Waals surface area (Å²) in [5.74, 6) is 1.08. The zero-order valence-corrected chi connectivity index (χ0v) is 46.2. The van der Waals surface area contributed by atoms with Gasteiger partial charge >= 0.3 is 0 Å². The molecule has 2 aliphatic heterocycles. The molecule has 4 N–H and O–H groups in total. The van der Waals surface area contributed by atoms with E-state index in [1.54, 1.807) is 74.1 Å². The van der Waals surface area contributed by atoms with E-state index < -0.39 is 5.92 Å². The third-order valence-corrected chi connectivity index (χ3v) is 14.7. The predicted molar refractivity (Wildman–Crippen MR) is 302 cm³/mol. The van der Waals surface area contributed by atoms with Crippen LogP contribution in [0.15, 0.2) is 112 Å². The average molecular weight is 1150 g/mol. The van der Waals surface area contributed by atoms with E-state index in [0.717, 1.165) is 46.0 Å². The number of halogens is 8. The Kier molecular flexibility index (Phi) is 18.8. The molecule has 6 aromatic carbocycles. The number of amidine groups is 2. The number of phenols is 1. The van der Waals surface area contributed by atoms with E-state index in [4.69, 9.17) is 103 Å². The molecule has 6 aromatic rings. The number of ether oxygens (including phenoxy) is 1. The number of amides is 2. The van der Waals surface area contributed by atoms with Crippen LogP contribution in [0.2, 0.25) is 40.2 Å². The van der Waals surface area contributed by atoms with Crippen molar-refractivity contribution >= 4 is 156 Å². The number of hydrazine groups is 2. The lowest BCUT2D eigenvalue weighted by molar-refractivity contribution is -0.117. The van der Waals surface area contributed by atoms with Crippen LogP contribution in [0.4, 0.5) is 28.4 Å². The highest BCUT2D eigenvalue weighted by molar-refractivity contribution is 8.00. The van der Waals surface area contributed by atoms with Gasteiger partial charge in [-0.05, 0) is 129 Å². The van der Waals surface area contributed by atoms with Crippen molar-refractivity contribution < 1.29 is 19.4 Å². The molecule has 0 aromatic heterocycles. The topological polar surface area (TPSA) is 131 Å². The summed E-state index contributed by atoms with van der Waals surface area (Å²) in [7, 11) is 0. The minimum Gasteiger partial charge on any atom is -0.508 e. The summed E-state index contributed by atoms with van der Waals surface area (Å²) in [4.78, 5) is 35.9. The van der Waals surface area contributed by atoms with Crippen LogP contribution in [0.25, 0.3) is 0 Å². The molecule has 376 valence electrons. The zero-order valence-electron chi connectivity index (χ0n) is 39.3. The van der Waals surface area contributed by atoms with Gasteiger partial charge in [0.05, 0.1) is 82.8 Å². The minimum atomic E-state index is -0.466. The Morgan fingerprint density at radius 3 is 2.03 bits per heavy atom. The van der Waals surface area contributed by atoms with Crippen LogP contribution in [0, 0.1) is 20.8 Å². The van der Waals surface area contributed by atoms with Gasteiger partial charge in [-0.1, -0.05) is 130 Å². The largest absolute Gasteiger partial charge is 0.508 e. The number of carbonyl (C=O) groups excluding carboxylic acids is 2. The molecular formula is C52H47Cl8N7O4S. The van der Waals surface area contributed by atoms with Crippen LogP contribution in [0.1, 0.15) is 61.3 Å². The highest BCUT2D eigenvalue weighted by Crippen LogP contribution is 2.42. The number of nitrogens with one attached hydrogen (secondary N) is 3. The molecule has 2 atom stereocenters. The summed E-state index contributed by atoms with van der Waals surface area (Å²) in [5, 5.41) is 18.7. The van der Waals surface area contributed by atoms with E-state index in [9.17, 15) is 14.7 Å². The second-order valence-electron chi connectivity index (χ2n) is 16.9. The first-order valence-electron chi connectivity index (χ1n) is 22.4. The van der Waals surface area contributed by atoms with Gasteiger partial charge in [-0.3, -0.25) is 25.4 Å². The van der Waals surface area contributed by atoms with Crippen molar-refractivity contribution in [1.29, 1.82) is 0 Å². The molecule has 2 unspecified atom stereocenters. The lowest BCUT2D eigenvalue weighted by Crippen LogP contribution is -2.36. The van der Waals surface area contributed by atoms with Gasteiger partial charge in [0.2, 0.25) is 5.91 Å². The first kappa shape index (κ1) is 55.0. The van der Waals surface area contributed by atoms with Crippen LogP contribution in [-0.2, 0) is 9.59 Å². The number of rotatable bonds is 13. The van der Waals surface area contributed by atoms with E-state index in [1.165, 1.54) is 17.1 Å². The van der Waals surface area contributed by atoms with E-state index >= 15 is 0 Å². The standard InChI is InChI=1S/C27H27Cl4N3OS.C25H20Cl4N4O3/c1-4-5-10-35-23-9-7-17(3)12-24(23)36-25-15-34(26-20(30)13-18(28)14-21(26)31)33-27(25)32-22-11-16(2)6-8-19(22)29;1-12-7-14(3-6-21(12)34)13(2)25(36)30-16-4-5-17(27)20(10-16)31-22-11-23(35)33(32-22)24-18(28)8-15(26)9-19(24)29/h6-9,11-14,25H,4-5,10,15H2,1-3H3,(H,32,33);3-10,13,34H,11H2,1-2H3,(H,30,36)(H,31,32). The third kappa shape index (κ3) is 13.7. The Bertz CT molecular complexity index is 3060. The zero-order chi connectivity index (χ0) is 52.0. The van der Waals surface area contributed by atoms with Gasteiger partial charge in [-0.15, -0.1) is 11.8 Å². The molecule has 2 aliphatic rings. The molecule has 0 saturated carbocycles. The van der Waals surface area contributed by atoms with Crippen LogP contribution in [0.3, 0.4) is 0 Å². The van der Waals surface area contributed by atoms with Crippen molar-refractivity contribution in [3.05, 3.63) is 159 Å². The number of anilines is 3. The maximum atomic E-state index is 12.8. The van der Waals surface area contributed by atoms with Crippen LogP contribution < -0.4 is 30.9 Å². The van der Waals surface area contributed by atoms with Gasteiger partial charge in [0.15, 0.2) is 0 Å². The van der Waals surface area contributed by atoms with E-state index in [1.807, 2.05) is 36.2 Å². The molecule has 72 heavy (non-hydrogen) atoms. The summed E-state index contributed by atoms with van der Waals surface area (Å²) in [6, 6.07) is 28.3. The normalized spacial score (nSPS) is 15.8. The molecule has 0 radical (unpaired) electrons. The van der Waals surface area contributed by atoms with Crippen LogP contribution in [0.5, 0.6) is 11.5 Å². The van der Waals surface area contributed by atoms with E-state index in [2.05, 4.69) is 47.1 Å². The molecule has 2 saturated heterocycles. The minimum absolute atomic E-state index is 0.0422. The number of aromatic hydroxyl groups is 1. The number of aliphatic imine (C=N–C) groups is 2. The number of thioether (sulfide) groups is 1. The molecule has 0 spiro atoms. The monoisotopic (exact) mass is 1150 g/mol. The molecule has 20 heteroatoms. The lowest BCUT2D eigenvalue weighted by atomic mass is 9.98. The van der Waals surface area contributed by atoms with Crippen molar-refractivity contribution in [3.8, 4) is 11.5 Å². The van der Waals surface area contributed by atoms with Crippen molar-refractivity contribution in [2.24, 2.45) is 9.98 Å². The summed E-state index contributed by atoms with van der Waals surface area (Å²) in [5.41, 5.74) is 12.5. The Balaban J connectivity index is 0.000000211. The fourth-order valence-corrected chi connectivity index (χ4v) is 11.0. The summed E-state index contributed by atoms with van der Waals surface area (Å²) in [6.45, 7) is 11.0. The van der Waals surface area contributed by atoms with E-state index in [0.29, 0.717) is 77.4 Å². The van der Waals surface area contributed by atoms with Gasteiger partial charge in [0.1, 0.15) is 28.9 Å². The Hall–Kier alpha value is -4.73. The first-order chi connectivity index (χ1) is 34.3. The molecule has 2 heterocycles. The van der Waals surface area contributed by atoms with Crippen molar-refractivity contribution in [1.82, 2.24) is 10.9 Å².